The van der Waals surface area contributed by atoms with Crippen LogP contribution in [0.1, 0.15) is 54.7 Å². The van der Waals surface area contributed by atoms with Gasteiger partial charge in [-0.15, -0.1) is 0 Å². The summed E-state index contributed by atoms with van der Waals surface area (Å²) < 4.78 is 35.4. The van der Waals surface area contributed by atoms with Crippen LogP contribution in [0.15, 0.2) is 59.8 Å². The van der Waals surface area contributed by atoms with E-state index in [-0.39, 0.29) is 21.6 Å². The summed E-state index contributed by atoms with van der Waals surface area (Å²) in [7, 11) is -2.74. The lowest BCUT2D eigenvalue weighted by Gasteiger charge is -2.21. The number of methoxy groups -OCH3 is 1. The molecular weight excluding hydrogens is 426 g/mol. The van der Waals surface area contributed by atoms with E-state index in [1.165, 1.54) is 7.11 Å². The van der Waals surface area contributed by atoms with Crippen molar-refractivity contribution in [2.45, 2.75) is 51.0 Å². The second-order valence-electron chi connectivity index (χ2n) is 8.59. The number of rotatable bonds is 7. The molecule has 7 nitrogen and oxygen atoms in total. The van der Waals surface area contributed by atoms with Crippen molar-refractivity contribution < 1.29 is 17.9 Å². The molecule has 1 N–H and O–H groups in total. The van der Waals surface area contributed by atoms with E-state index >= 15 is 0 Å². The number of aryl methyl sites for hydroxylation is 1. The topological polar surface area (TPSA) is 90.3 Å². The van der Waals surface area contributed by atoms with Crippen molar-refractivity contribution in [3.63, 3.8) is 0 Å². The number of ether oxygens (including phenoxy) is 1. The van der Waals surface area contributed by atoms with E-state index < -0.39 is 15.9 Å². The summed E-state index contributed by atoms with van der Waals surface area (Å²) in [6, 6.07) is 12.0. The Morgan fingerprint density at radius 2 is 1.88 bits per heavy atom. The van der Waals surface area contributed by atoms with Gasteiger partial charge in [-0.1, -0.05) is 39.8 Å². The molecule has 0 saturated heterocycles. The standard InChI is InChI=1S/C24H29N3O4S/c1-6-17-14-18(8-9-19(17)16-27-13-7-12-25-27)23(28)26-32(29,30)22-15-20(24(2,3)4)10-11-21(22)31-5/h7-15H,6,16H2,1-5H3,(H,26,28). The van der Waals surface area contributed by atoms with E-state index in [1.54, 1.807) is 35.1 Å². The van der Waals surface area contributed by atoms with Crippen molar-refractivity contribution in [1.29, 1.82) is 0 Å². The van der Waals surface area contributed by atoms with Crippen LogP contribution in [0, 0.1) is 0 Å². The molecule has 1 heterocycles. The SMILES string of the molecule is CCc1cc(C(=O)NS(=O)(=O)c2cc(C(C)(C)C)ccc2OC)ccc1Cn1cccn1. The molecule has 2 aromatic carbocycles. The average molecular weight is 456 g/mol. The van der Waals surface area contributed by atoms with Crippen molar-refractivity contribution in [3.05, 3.63) is 77.1 Å². The van der Waals surface area contributed by atoms with Crippen molar-refractivity contribution in [1.82, 2.24) is 14.5 Å². The van der Waals surface area contributed by atoms with Gasteiger partial charge in [0.05, 0.1) is 13.7 Å². The number of hydrogen-bond acceptors (Lipinski definition) is 5. The van der Waals surface area contributed by atoms with Gasteiger partial charge in [-0.05, 0) is 58.9 Å². The lowest BCUT2D eigenvalue weighted by Crippen LogP contribution is -2.31. The minimum absolute atomic E-state index is 0.0632. The number of carbonyl (C=O) groups is 1. The van der Waals surface area contributed by atoms with Crippen LogP contribution in [0.2, 0.25) is 0 Å². The highest BCUT2D eigenvalue weighted by Gasteiger charge is 2.26. The number of nitrogens with one attached hydrogen (secondary N) is 1. The van der Waals surface area contributed by atoms with Crippen LogP contribution in [-0.4, -0.2) is 31.2 Å². The molecule has 3 aromatic rings. The third-order valence-corrected chi connectivity index (χ3v) is 6.64. The number of benzene rings is 2. The molecule has 0 unspecified atom stereocenters. The first-order valence-corrected chi connectivity index (χ1v) is 11.9. The highest BCUT2D eigenvalue weighted by molar-refractivity contribution is 7.90. The number of carbonyl (C=O) groups excluding carboxylic acids is 1. The molecule has 0 radical (unpaired) electrons. The molecule has 32 heavy (non-hydrogen) atoms. The lowest BCUT2D eigenvalue weighted by molar-refractivity contribution is 0.0981. The average Bonchev–Trinajstić information content (AvgIpc) is 3.25. The van der Waals surface area contributed by atoms with Gasteiger partial charge in [0, 0.05) is 18.0 Å². The molecule has 8 heteroatoms. The minimum atomic E-state index is -4.14. The van der Waals surface area contributed by atoms with E-state index in [1.807, 2.05) is 52.1 Å². The van der Waals surface area contributed by atoms with Crippen LogP contribution in [0.4, 0.5) is 0 Å². The molecule has 0 atom stereocenters. The zero-order valence-electron chi connectivity index (χ0n) is 19.0. The summed E-state index contributed by atoms with van der Waals surface area (Å²) >= 11 is 0. The molecule has 1 aromatic heterocycles. The summed E-state index contributed by atoms with van der Waals surface area (Å²) in [5.74, 6) is -0.504. The normalized spacial score (nSPS) is 11.9. The highest BCUT2D eigenvalue weighted by Crippen LogP contribution is 2.30. The Morgan fingerprint density at radius 1 is 1.12 bits per heavy atom. The molecule has 170 valence electrons. The summed E-state index contributed by atoms with van der Waals surface area (Å²) in [5, 5.41) is 4.21. The van der Waals surface area contributed by atoms with Crippen molar-refractivity contribution >= 4 is 15.9 Å². The quantitative estimate of drug-likeness (QED) is 0.583. The smallest absolute Gasteiger partial charge is 0.268 e. The van der Waals surface area contributed by atoms with Crippen molar-refractivity contribution in [3.8, 4) is 5.75 Å². The van der Waals surface area contributed by atoms with Crippen LogP contribution in [-0.2, 0) is 28.4 Å². The predicted molar refractivity (Wildman–Crippen MR) is 123 cm³/mol. The minimum Gasteiger partial charge on any atom is -0.495 e. The number of nitrogens with zero attached hydrogens (tertiary/aromatic N) is 2. The van der Waals surface area contributed by atoms with Gasteiger partial charge in [-0.3, -0.25) is 9.48 Å². The second-order valence-corrected chi connectivity index (χ2v) is 10.2. The van der Waals surface area contributed by atoms with Gasteiger partial charge in [-0.2, -0.15) is 5.10 Å². The molecule has 1 amide bonds. The third-order valence-electron chi connectivity index (χ3n) is 5.29. The molecule has 0 aliphatic heterocycles. The van der Waals surface area contributed by atoms with Gasteiger partial charge >= 0.3 is 0 Å². The number of amides is 1. The number of sulfonamides is 1. The van der Waals surface area contributed by atoms with E-state index in [4.69, 9.17) is 4.74 Å². The first kappa shape index (κ1) is 23.5. The fourth-order valence-electron chi connectivity index (χ4n) is 3.41. The Bertz CT molecular complexity index is 1210. The van der Waals surface area contributed by atoms with E-state index in [0.717, 1.165) is 16.7 Å². The van der Waals surface area contributed by atoms with Gasteiger partial charge in [0.15, 0.2) is 0 Å². The molecular formula is C24H29N3O4S. The molecule has 0 aliphatic carbocycles. The fourth-order valence-corrected chi connectivity index (χ4v) is 4.58. The maximum Gasteiger partial charge on any atom is 0.268 e. The van der Waals surface area contributed by atoms with Gasteiger partial charge in [0.2, 0.25) is 0 Å². The largest absolute Gasteiger partial charge is 0.495 e. The summed E-state index contributed by atoms with van der Waals surface area (Å²) in [6.07, 6.45) is 4.28. The van der Waals surface area contributed by atoms with Crippen LogP contribution in [0.3, 0.4) is 0 Å². The Balaban J connectivity index is 1.89. The Kier molecular flexibility index (Phi) is 6.74. The second kappa shape index (κ2) is 9.16. The number of hydrogen-bond donors (Lipinski definition) is 1. The molecule has 0 saturated carbocycles. The van der Waals surface area contributed by atoms with Crippen LogP contribution < -0.4 is 9.46 Å². The van der Waals surface area contributed by atoms with Crippen molar-refractivity contribution in [2.24, 2.45) is 0 Å². The predicted octanol–water partition coefficient (Wildman–Crippen LogP) is 3.92. The molecule has 0 bridgehead atoms. The fraction of sp³-hybridized carbons (Fsp3) is 0.333. The summed E-state index contributed by atoms with van der Waals surface area (Å²) in [5.41, 5.74) is 2.82. The molecule has 0 spiro atoms. The van der Waals surface area contributed by atoms with Crippen LogP contribution in [0.5, 0.6) is 5.75 Å². The zero-order valence-corrected chi connectivity index (χ0v) is 19.9. The zero-order chi connectivity index (χ0) is 23.5. The maximum absolute atomic E-state index is 13.1. The van der Waals surface area contributed by atoms with Crippen molar-refractivity contribution in [2.75, 3.05) is 7.11 Å². The molecule has 0 aliphatic rings. The first-order valence-electron chi connectivity index (χ1n) is 10.4. The highest BCUT2D eigenvalue weighted by atomic mass is 32.2. The van der Waals surface area contributed by atoms with E-state index in [2.05, 4.69) is 9.82 Å². The molecule has 0 fully saturated rings. The molecule has 3 rings (SSSR count). The Hall–Kier alpha value is -3.13. The maximum atomic E-state index is 13.1. The number of aromatic nitrogens is 2. The monoisotopic (exact) mass is 455 g/mol. The van der Waals surface area contributed by atoms with Crippen LogP contribution in [0.25, 0.3) is 0 Å². The lowest BCUT2D eigenvalue weighted by atomic mass is 9.87. The third kappa shape index (κ3) is 5.19. The van der Waals surface area contributed by atoms with Crippen LogP contribution >= 0.6 is 0 Å². The van der Waals surface area contributed by atoms with E-state index in [9.17, 15) is 13.2 Å². The van der Waals surface area contributed by atoms with Gasteiger partial charge < -0.3 is 4.74 Å². The Morgan fingerprint density at radius 3 is 2.47 bits per heavy atom. The van der Waals surface area contributed by atoms with Gasteiger partial charge in [0.1, 0.15) is 10.6 Å². The van der Waals surface area contributed by atoms with E-state index in [0.29, 0.717) is 13.0 Å². The summed E-state index contributed by atoms with van der Waals surface area (Å²) in [6.45, 7) is 8.53. The first-order chi connectivity index (χ1) is 15.0. The summed E-state index contributed by atoms with van der Waals surface area (Å²) in [4.78, 5) is 12.8. The Labute approximate surface area is 189 Å². The van der Waals surface area contributed by atoms with Gasteiger partial charge in [-0.25, -0.2) is 13.1 Å². The van der Waals surface area contributed by atoms with Gasteiger partial charge in [0.25, 0.3) is 15.9 Å².